The summed E-state index contributed by atoms with van der Waals surface area (Å²) in [5.74, 6) is -2.97. The van der Waals surface area contributed by atoms with Gasteiger partial charge in [0.15, 0.2) is 5.78 Å². The van der Waals surface area contributed by atoms with Crippen molar-refractivity contribution in [2.24, 2.45) is 5.73 Å². The van der Waals surface area contributed by atoms with Crippen molar-refractivity contribution >= 4 is 21.8 Å². The van der Waals surface area contributed by atoms with Crippen LogP contribution in [-0.2, 0) is 10.1 Å². The van der Waals surface area contributed by atoms with Crippen LogP contribution in [0.3, 0.4) is 0 Å². The molecule has 1 rings (SSSR count). The number of rotatable bonds is 5. The first-order chi connectivity index (χ1) is 8.22. The van der Waals surface area contributed by atoms with E-state index in [0.29, 0.717) is 0 Å². The lowest BCUT2D eigenvalue weighted by Crippen LogP contribution is -2.14. The van der Waals surface area contributed by atoms with Gasteiger partial charge >= 0.3 is 0 Å². The largest absolute Gasteiger partial charge is 0.506 e. The first-order valence-electron chi connectivity index (χ1n) is 4.82. The highest BCUT2D eigenvalue weighted by atomic mass is 32.2. The molecule has 7 nitrogen and oxygen atoms in total. The molecule has 98 valence electrons. The SMILES string of the molecule is NC(=O)c1cccc(C(=O)CCS(=O)(=O)O)c1O. The molecule has 0 heterocycles. The molecule has 0 fully saturated rings. The molecule has 0 unspecified atom stereocenters. The van der Waals surface area contributed by atoms with Gasteiger partial charge in [0, 0.05) is 6.42 Å². The molecule has 0 aliphatic carbocycles. The molecule has 4 N–H and O–H groups in total. The van der Waals surface area contributed by atoms with Crippen LogP contribution in [0.4, 0.5) is 0 Å². The van der Waals surface area contributed by atoms with Crippen LogP contribution < -0.4 is 5.73 Å². The lowest BCUT2D eigenvalue weighted by atomic mass is 10.0. The molecule has 0 aliphatic rings. The Bertz CT molecular complexity index is 592. The quantitative estimate of drug-likeness (QED) is 0.508. The van der Waals surface area contributed by atoms with Gasteiger partial charge in [0.2, 0.25) is 0 Å². The Hall–Kier alpha value is -1.93. The third-order valence-corrected chi connectivity index (χ3v) is 2.91. The molecule has 0 aliphatic heterocycles. The van der Waals surface area contributed by atoms with Gasteiger partial charge in [-0.1, -0.05) is 6.07 Å². The fourth-order valence-electron chi connectivity index (χ4n) is 1.32. The Kier molecular flexibility index (Phi) is 4.04. The number of primary amides is 1. The highest BCUT2D eigenvalue weighted by Gasteiger charge is 2.18. The highest BCUT2D eigenvalue weighted by molar-refractivity contribution is 7.85. The van der Waals surface area contributed by atoms with Crippen molar-refractivity contribution in [2.45, 2.75) is 6.42 Å². The fraction of sp³-hybridized carbons (Fsp3) is 0.200. The van der Waals surface area contributed by atoms with Crippen molar-refractivity contribution in [3.8, 4) is 5.75 Å². The number of nitrogens with two attached hydrogens (primary N) is 1. The molecule has 1 amide bonds. The van der Waals surface area contributed by atoms with Crippen LogP contribution in [0, 0.1) is 0 Å². The van der Waals surface area contributed by atoms with Crippen molar-refractivity contribution < 1.29 is 27.7 Å². The number of aromatic hydroxyl groups is 1. The zero-order chi connectivity index (χ0) is 13.9. The predicted octanol–water partition coefficient (Wildman–Crippen LogP) is -0.0483. The Labute approximate surface area is 103 Å². The second-order valence-corrected chi connectivity index (χ2v) is 5.10. The topological polar surface area (TPSA) is 135 Å². The summed E-state index contributed by atoms with van der Waals surface area (Å²) < 4.78 is 29.5. The van der Waals surface area contributed by atoms with Crippen molar-refractivity contribution in [1.29, 1.82) is 0 Å². The van der Waals surface area contributed by atoms with Gasteiger partial charge in [-0.15, -0.1) is 0 Å². The normalized spacial score (nSPS) is 11.2. The van der Waals surface area contributed by atoms with Crippen LogP contribution in [0.1, 0.15) is 27.1 Å². The van der Waals surface area contributed by atoms with E-state index in [2.05, 4.69) is 0 Å². The molecule has 0 aromatic heterocycles. The number of ketones is 1. The second-order valence-electron chi connectivity index (χ2n) is 3.53. The molecule has 18 heavy (non-hydrogen) atoms. The molecule has 0 radical (unpaired) electrons. The zero-order valence-corrected chi connectivity index (χ0v) is 9.98. The fourth-order valence-corrected chi connectivity index (χ4v) is 1.77. The summed E-state index contributed by atoms with van der Waals surface area (Å²) in [6, 6.07) is 3.80. The van der Waals surface area contributed by atoms with E-state index in [1.54, 1.807) is 0 Å². The number of phenols is 1. The van der Waals surface area contributed by atoms with Crippen molar-refractivity contribution in [3.63, 3.8) is 0 Å². The Morgan fingerprint density at radius 1 is 1.22 bits per heavy atom. The molecular weight excluding hydrogens is 262 g/mol. The van der Waals surface area contributed by atoms with E-state index < -0.39 is 39.7 Å². The smallest absolute Gasteiger partial charge is 0.265 e. The number of carbonyl (C=O) groups is 2. The lowest BCUT2D eigenvalue weighted by molar-refractivity contribution is 0.0985. The Balaban J connectivity index is 3.00. The molecular formula is C10H11NO6S. The third kappa shape index (κ3) is 3.54. The van der Waals surface area contributed by atoms with E-state index in [9.17, 15) is 23.1 Å². The summed E-state index contributed by atoms with van der Waals surface area (Å²) in [5.41, 5.74) is 4.54. The van der Waals surface area contributed by atoms with Crippen molar-refractivity contribution in [3.05, 3.63) is 29.3 Å². The summed E-state index contributed by atoms with van der Waals surface area (Å²) in [5, 5.41) is 9.63. The third-order valence-electron chi connectivity index (χ3n) is 2.19. The maximum atomic E-state index is 11.6. The molecule has 8 heteroatoms. The standard InChI is InChI=1S/C10H11NO6S/c11-10(14)7-3-1-2-6(9(7)13)8(12)4-5-18(15,16)17/h1-3,13H,4-5H2,(H2,11,14)(H,15,16,17). The van der Waals surface area contributed by atoms with E-state index in [1.807, 2.05) is 0 Å². The minimum Gasteiger partial charge on any atom is -0.506 e. The monoisotopic (exact) mass is 273 g/mol. The molecule has 0 saturated heterocycles. The first-order valence-corrected chi connectivity index (χ1v) is 6.43. The summed E-state index contributed by atoms with van der Waals surface area (Å²) >= 11 is 0. The number of para-hydroxylation sites is 1. The molecule has 0 atom stereocenters. The van der Waals surface area contributed by atoms with E-state index in [0.717, 1.165) is 0 Å². The number of hydrogen-bond donors (Lipinski definition) is 3. The minimum absolute atomic E-state index is 0.213. The average Bonchev–Trinajstić information content (AvgIpc) is 2.24. The summed E-state index contributed by atoms with van der Waals surface area (Å²) in [7, 11) is -4.26. The van der Waals surface area contributed by atoms with Crippen molar-refractivity contribution in [2.75, 3.05) is 5.75 Å². The van der Waals surface area contributed by atoms with Crippen LogP contribution in [0.5, 0.6) is 5.75 Å². The van der Waals surface area contributed by atoms with Crippen molar-refractivity contribution in [1.82, 2.24) is 0 Å². The van der Waals surface area contributed by atoms with Crippen LogP contribution >= 0.6 is 0 Å². The van der Waals surface area contributed by atoms with Gasteiger partial charge in [-0.3, -0.25) is 14.1 Å². The summed E-state index contributed by atoms with van der Waals surface area (Å²) in [6.45, 7) is 0. The van der Waals surface area contributed by atoms with E-state index in [4.69, 9.17) is 10.3 Å². The zero-order valence-electron chi connectivity index (χ0n) is 9.16. The van der Waals surface area contributed by atoms with Crippen LogP contribution in [0.2, 0.25) is 0 Å². The number of carbonyl (C=O) groups excluding carboxylic acids is 2. The molecule has 0 saturated carbocycles. The first kappa shape index (κ1) is 14.1. The van der Waals surface area contributed by atoms with Crippen LogP contribution in [0.25, 0.3) is 0 Å². The molecule has 1 aromatic carbocycles. The molecule has 0 bridgehead atoms. The number of hydrogen-bond acceptors (Lipinski definition) is 5. The van der Waals surface area contributed by atoms with Crippen LogP contribution in [0.15, 0.2) is 18.2 Å². The van der Waals surface area contributed by atoms with Gasteiger partial charge in [0.25, 0.3) is 16.0 Å². The molecule has 1 aromatic rings. The van der Waals surface area contributed by atoms with Gasteiger partial charge in [-0.25, -0.2) is 0 Å². The second kappa shape index (κ2) is 5.15. The number of amides is 1. The summed E-state index contributed by atoms with van der Waals surface area (Å²) in [4.78, 5) is 22.5. The average molecular weight is 273 g/mol. The van der Waals surface area contributed by atoms with Gasteiger partial charge in [0.05, 0.1) is 16.9 Å². The van der Waals surface area contributed by atoms with Gasteiger partial charge < -0.3 is 10.8 Å². The van der Waals surface area contributed by atoms with Crippen LogP contribution in [-0.4, -0.2) is 35.5 Å². The maximum absolute atomic E-state index is 11.6. The van der Waals surface area contributed by atoms with E-state index in [-0.39, 0.29) is 11.1 Å². The minimum atomic E-state index is -4.26. The Morgan fingerprint density at radius 2 is 1.78 bits per heavy atom. The van der Waals surface area contributed by atoms with E-state index >= 15 is 0 Å². The molecule has 0 spiro atoms. The number of benzene rings is 1. The summed E-state index contributed by atoms with van der Waals surface area (Å²) in [6.07, 6.45) is -0.505. The predicted molar refractivity (Wildman–Crippen MR) is 62.0 cm³/mol. The lowest BCUT2D eigenvalue weighted by Gasteiger charge is -2.06. The number of Topliss-reactive ketones (excluding diaryl/α,β-unsaturated/α-hetero) is 1. The highest BCUT2D eigenvalue weighted by Crippen LogP contribution is 2.23. The van der Waals surface area contributed by atoms with Gasteiger partial charge in [0.1, 0.15) is 5.75 Å². The maximum Gasteiger partial charge on any atom is 0.265 e. The Morgan fingerprint density at radius 3 is 2.28 bits per heavy atom. The van der Waals surface area contributed by atoms with Gasteiger partial charge in [-0.2, -0.15) is 8.42 Å². The van der Waals surface area contributed by atoms with E-state index in [1.165, 1.54) is 18.2 Å². The van der Waals surface area contributed by atoms with Gasteiger partial charge in [-0.05, 0) is 12.1 Å².